The van der Waals surface area contributed by atoms with Crippen LogP contribution in [0, 0.1) is 0 Å². The molecule has 1 heterocycles. The quantitative estimate of drug-likeness (QED) is 0.449. The first kappa shape index (κ1) is 17.6. The van der Waals surface area contributed by atoms with Crippen LogP contribution >= 0.6 is 0 Å². The van der Waals surface area contributed by atoms with Crippen molar-refractivity contribution < 1.29 is 14.3 Å². The van der Waals surface area contributed by atoms with Gasteiger partial charge in [0.2, 0.25) is 5.88 Å². The molecule has 0 amide bonds. The Bertz CT molecular complexity index is 1200. The number of carboxylic acid groups (broad SMARTS) is 1. The van der Waals surface area contributed by atoms with Crippen LogP contribution in [-0.2, 0) is 10.2 Å². The molecule has 1 aliphatic carbocycles. The third kappa shape index (κ3) is 2.80. The Morgan fingerprint density at radius 1 is 0.897 bits per heavy atom. The average Bonchev–Trinajstić information content (AvgIpc) is 3.49. The predicted octanol–water partition coefficient (Wildman–Crippen LogP) is 5.92. The van der Waals surface area contributed by atoms with E-state index in [0.717, 1.165) is 57.5 Å². The Morgan fingerprint density at radius 3 is 2.07 bits per heavy atom. The summed E-state index contributed by atoms with van der Waals surface area (Å²) < 4.78 is 5.93. The van der Waals surface area contributed by atoms with Crippen molar-refractivity contribution in [1.29, 1.82) is 0 Å². The molecule has 1 aliphatic rings. The number of rotatable bonds is 5. The largest absolute Gasteiger partial charge is 0.481 e. The van der Waals surface area contributed by atoms with Gasteiger partial charge >= 0.3 is 5.97 Å². The van der Waals surface area contributed by atoms with Crippen molar-refractivity contribution in [2.24, 2.45) is 0 Å². The van der Waals surface area contributed by atoms with Gasteiger partial charge in [-0.1, -0.05) is 66.7 Å². The van der Waals surface area contributed by atoms with Gasteiger partial charge in [-0.15, -0.1) is 0 Å². The van der Waals surface area contributed by atoms with Crippen molar-refractivity contribution in [2.45, 2.75) is 18.3 Å². The van der Waals surface area contributed by atoms with Crippen LogP contribution in [0.2, 0.25) is 0 Å². The Labute approximate surface area is 168 Å². The molecule has 0 spiro atoms. The molecule has 0 radical (unpaired) electrons. The maximum Gasteiger partial charge on any atom is 0.314 e. The van der Waals surface area contributed by atoms with Crippen LogP contribution in [0.25, 0.3) is 33.2 Å². The molecule has 1 fully saturated rings. The summed E-state index contributed by atoms with van der Waals surface area (Å²) in [5.41, 5.74) is 5.41. The standard InChI is InChI=1S/C25H21NO3/c1-26-23-22(20-4-2-3-5-21(20)29-23)18-8-6-16(7-9-18)17-10-12-19(13-11-17)25(14-15-25)24(27)28/h2-13,26H,14-15H2,1H3,(H,27,28). The zero-order valence-electron chi connectivity index (χ0n) is 16.1. The van der Waals surface area contributed by atoms with Crippen LogP contribution in [-0.4, -0.2) is 18.1 Å². The van der Waals surface area contributed by atoms with Gasteiger partial charge in [0.05, 0.1) is 11.0 Å². The minimum Gasteiger partial charge on any atom is -0.481 e. The molecule has 4 nitrogen and oxygen atoms in total. The first-order chi connectivity index (χ1) is 14.1. The highest BCUT2D eigenvalue weighted by atomic mass is 16.4. The second-order valence-corrected chi connectivity index (χ2v) is 7.59. The molecule has 4 aromatic rings. The molecule has 2 N–H and O–H groups in total. The lowest BCUT2D eigenvalue weighted by atomic mass is 9.93. The minimum absolute atomic E-state index is 0.658. The summed E-state index contributed by atoms with van der Waals surface area (Å²) in [7, 11) is 1.86. The zero-order chi connectivity index (χ0) is 20.0. The maximum absolute atomic E-state index is 11.5. The molecule has 1 aromatic heterocycles. The fourth-order valence-corrected chi connectivity index (χ4v) is 4.07. The van der Waals surface area contributed by atoms with Gasteiger partial charge in [-0.05, 0) is 41.2 Å². The van der Waals surface area contributed by atoms with Gasteiger partial charge in [0.25, 0.3) is 0 Å². The van der Waals surface area contributed by atoms with E-state index in [1.54, 1.807) is 0 Å². The van der Waals surface area contributed by atoms with Gasteiger partial charge in [-0.25, -0.2) is 0 Å². The summed E-state index contributed by atoms with van der Waals surface area (Å²) >= 11 is 0. The Kier molecular flexibility index (Phi) is 3.95. The maximum atomic E-state index is 11.5. The van der Waals surface area contributed by atoms with E-state index in [1.807, 2.05) is 49.5 Å². The average molecular weight is 383 g/mol. The molecule has 29 heavy (non-hydrogen) atoms. The normalized spacial score (nSPS) is 14.7. The van der Waals surface area contributed by atoms with E-state index in [2.05, 4.69) is 35.6 Å². The van der Waals surface area contributed by atoms with Gasteiger partial charge in [0.1, 0.15) is 5.58 Å². The monoisotopic (exact) mass is 383 g/mol. The number of aliphatic carboxylic acids is 1. The number of hydrogen-bond donors (Lipinski definition) is 2. The van der Waals surface area contributed by atoms with E-state index < -0.39 is 11.4 Å². The third-order valence-corrected chi connectivity index (χ3v) is 5.93. The molecule has 0 unspecified atom stereocenters. The number of carboxylic acids is 1. The van der Waals surface area contributed by atoms with Gasteiger partial charge in [0, 0.05) is 12.4 Å². The van der Waals surface area contributed by atoms with Crippen molar-refractivity contribution in [3.63, 3.8) is 0 Å². The van der Waals surface area contributed by atoms with Crippen LogP contribution in [0.4, 0.5) is 5.88 Å². The Balaban J connectivity index is 1.48. The van der Waals surface area contributed by atoms with E-state index in [0.29, 0.717) is 0 Å². The number of benzene rings is 3. The van der Waals surface area contributed by atoms with Crippen LogP contribution in [0.5, 0.6) is 0 Å². The number of furan rings is 1. The topological polar surface area (TPSA) is 62.5 Å². The summed E-state index contributed by atoms with van der Waals surface area (Å²) in [6.07, 6.45) is 1.45. The molecule has 0 saturated heterocycles. The second kappa shape index (κ2) is 6.52. The summed E-state index contributed by atoms with van der Waals surface area (Å²) in [6.45, 7) is 0. The first-order valence-corrected chi connectivity index (χ1v) is 9.76. The zero-order valence-corrected chi connectivity index (χ0v) is 16.1. The number of hydrogen-bond acceptors (Lipinski definition) is 3. The molecule has 0 atom stereocenters. The number of fused-ring (bicyclic) bond motifs is 1. The first-order valence-electron chi connectivity index (χ1n) is 9.76. The number of carbonyl (C=O) groups is 1. The number of nitrogens with one attached hydrogen (secondary N) is 1. The SMILES string of the molecule is CNc1oc2ccccc2c1-c1ccc(-c2ccc(C3(C(=O)O)CC3)cc2)cc1. The predicted molar refractivity (Wildman–Crippen MR) is 115 cm³/mol. The van der Waals surface area contributed by atoms with E-state index in [1.165, 1.54) is 0 Å². The van der Waals surface area contributed by atoms with Crippen molar-refractivity contribution in [3.05, 3.63) is 78.4 Å². The van der Waals surface area contributed by atoms with Crippen molar-refractivity contribution in [3.8, 4) is 22.3 Å². The Morgan fingerprint density at radius 2 is 1.48 bits per heavy atom. The fraction of sp³-hybridized carbons (Fsp3) is 0.160. The summed E-state index contributed by atoms with van der Waals surface area (Å²) in [5.74, 6) is 0.0361. The van der Waals surface area contributed by atoms with Crippen LogP contribution < -0.4 is 5.32 Å². The smallest absolute Gasteiger partial charge is 0.314 e. The summed E-state index contributed by atoms with van der Waals surface area (Å²) in [5, 5.41) is 13.7. The molecule has 4 heteroatoms. The summed E-state index contributed by atoms with van der Waals surface area (Å²) in [4.78, 5) is 11.5. The summed E-state index contributed by atoms with van der Waals surface area (Å²) in [6, 6.07) is 24.3. The molecule has 144 valence electrons. The van der Waals surface area contributed by atoms with Crippen LogP contribution in [0.1, 0.15) is 18.4 Å². The lowest BCUT2D eigenvalue weighted by molar-refractivity contribution is -0.140. The highest BCUT2D eigenvalue weighted by Gasteiger charge is 2.51. The fourth-order valence-electron chi connectivity index (χ4n) is 4.07. The molecular weight excluding hydrogens is 362 g/mol. The van der Waals surface area contributed by atoms with E-state index in [4.69, 9.17) is 4.42 Å². The van der Waals surface area contributed by atoms with Crippen molar-refractivity contribution in [1.82, 2.24) is 0 Å². The third-order valence-electron chi connectivity index (χ3n) is 5.93. The lowest BCUT2D eigenvalue weighted by Gasteiger charge is -2.11. The molecule has 5 rings (SSSR count). The lowest BCUT2D eigenvalue weighted by Crippen LogP contribution is -2.19. The second-order valence-electron chi connectivity index (χ2n) is 7.59. The molecule has 1 saturated carbocycles. The number of para-hydroxylation sites is 1. The molecule has 3 aromatic carbocycles. The van der Waals surface area contributed by atoms with Gasteiger partial charge in [-0.2, -0.15) is 0 Å². The molecular formula is C25H21NO3. The van der Waals surface area contributed by atoms with Crippen LogP contribution in [0.15, 0.2) is 77.2 Å². The van der Waals surface area contributed by atoms with E-state index in [-0.39, 0.29) is 0 Å². The van der Waals surface area contributed by atoms with Crippen molar-refractivity contribution in [2.75, 3.05) is 12.4 Å². The highest BCUT2D eigenvalue weighted by Crippen LogP contribution is 2.48. The molecule has 0 aliphatic heterocycles. The van der Waals surface area contributed by atoms with Crippen LogP contribution in [0.3, 0.4) is 0 Å². The number of anilines is 1. The van der Waals surface area contributed by atoms with E-state index in [9.17, 15) is 9.90 Å². The Hall–Kier alpha value is -3.53. The van der Waals surface area contributed by atoms with Gasteiger partial charge in [0.15, 0.2) is 0 Å². The molecule has 0 bridgehead atoms. The van der Waals surface area contributed by atoms with Crippen molar-refractivity contribution >= 4 is 22.8 Å². The van der Waals surface area contributed by atoms with Gasteiger partial charge in [-0.3, -0.25) is 4.79 Å². The highest BCUT2D eigenvalue weighted by molar-refractivity contribution is 6.00. The van der Waals surface area contributed by atoms with E-state index >= 15 is 0 Å². The van der Waals surface area contributed by atoms with Gasteiger partial charge < -0.3 is 14.8 Å². The minimum atomic E-state index is -0.720.